The van der Waals surface area contributed by atoms with Gasteiger partial charge in [-0.3, -0.25) is 4.90 Å². The van der Waals surface area contributed by atoms with E-state index in [4.69, 9.17) is 4.74 Å². The van der Waals surface area contributed by atoms with Gasteiger partial charge in [-0.05, 0) is 35.2 Å². The van der Waals surface area contributed by atoms with Crippen LogP contribution in [0.15, 0.2) is 0 Å². The Hall–Kier alpha value is -0.240. The van der Waals surface area contributed by atoms with Crippen LogP contribution in [0.1, 0.15) is 0 Å². The summed E-state index contributed by atoms with van der Waals surface area (Å²) in [4.78, 5) is 6.29. The second kappa shape index (κ2) is 7.52. The van der Waals surface area contributed by atoms with Gasteiger partial charge in [-0.2, -0.15) is 0 Å². The van der Waals surface area contributed by atoms with Gasteiger partial charge < -0.3 is 24.7 Å². The quantitative estimate of drug-likeness (QED) is 0.592. The van der Waals surface area contributed by atoms with Gasteiger partial charge in [0.15, 0.2) is 0 Å². The minimum Gasteiger partial charge on any atom is -0.394 e. The molecule has 0 unspecified atom stereocenters. The minimum atomic E-state index is -0.637. The molecule has 0 bridgehead atoms. The number of rotatable bonds is 7. The summed E-state index contributed by atoms with van der Waals surface area (Å²) >= 11 is 0. The Bertz CT molecular complexity index is 264. The Morgan fingerprint density at radius 2 is 1.58 bits per heavy atom. The fourth-order valence-electron chi connectivity index (χ4n) is 2.54. The SMILES string of the molecule is CN(C)CCN(C)[C@@H]1[C@H](O)[C@H](CO)O[C@@H]1CN(C)C. The largest absolute Gasteiger partial charge is 0.394 e. The zero-order chi connectivity index (χ0) is 14.6. The van der Waals surface area contributed by atoms with Crippen molar-refractivity contribution in [2.45, 2.75) is 24.4 Å². The monoisotopic (exact) mass is 275 g/mol. The molecule has 114 valence electrons. The molecular weight excluding hydrogens is 246 g/mol. The van der Waals surface area contributed by atoms with Crippen LogP contribution in [-0.2, 0) is 4.74 Å². The third kappa shape index (κ3) is 4.66. The predicted octanol–water partition coefficient (Wildman–Crippen LogP) is -1.47. The van der Waals surface area contributed by atoms with Gasteiger partial charge in [0.25, 0.3) is 0 Å². The maximum atomic E-state index is 10.3. The lowest BCUT2D eigenvalue weighted by atomic mass is 10.0. The van der Waals surface area contributed by atoms with Crippen LogP contribution in [-0.4, -0.2) is 111 Å². The van der Waals surface area contributed by atoms with Gasteiger partial charge >= 0.3 is 0 Å². The summed E-state index contributed by atoms with van der Waals surface area (Å²) in [5.41, 5.74) is 0. The van der Waals surface area contributed by atoms with E-state index in [1.165, 1.54) is 0 Å². The molecule has 6 nitrogen and oxygen atoms in total. The van der Waals surface area contributed by atoms with Crippen molar-refractivity contribution in [1.82, 2.24) is 14.7 Å². The Kier molecular flexibility index (Phi) is 6.65. The second-order valence-electron chi connectivity index (χ2n) is 5.92. The molecule has 1 aliphatic heterocycles. The molecule has 4 atom stereocenters. The molecule has 0 radical (unpaired) electrons. The van der Waals surface area contributed by atoms with E-state index < -0.39 is 12.2 Å². The molecule has 2 N–H and O–H groups in total. The zero-order valence-electron chi connectivity index (χ0n) is 12.8. The van der Waals surface area contributed by atoms with E-state index >= 15 is 0 Å². The first-order valence-corrected chi connectivity index (χ1v) is 6.81. The first kappa shape index (κ1) is 16.8. The normalized spacial score (nSPS) is 31.9. The van der Waals surface area contributed by atoms with Crippen molar-refractivity contribution in [2.24, 2.45) is 0 Å². The van der Waals surface area contributed by atoms with Crippen LogP contribution in [0.4, 0.5) is 0 Å². The average Bonchev–Trinajstić information content (AvgIpc) is 2.61. The van der Waals surface area contributed by atoms with Gasteiger partial charge in [0, 0.05) is 19.6 Å². The van der Waals surface area contributed by atoms with Crippen molar-refractivity contribution in [3.63, 3.8) is 0 Å². The van der Waals surface area contributed by atoms with Crippen LogP contribution in [0, 0.1) is 0 Å². The number of aliphatic hydroxyl groups excluding tert-OH is 2. The van der Waals surface area contributed by atoms with Crippen molar-refractivity contribution in [2.75, 3.05) is 61.5 Å². The van der Waals surface area contributed by atoms with Crippen molar-refractivity contribution in [1.29, 1.82) is 0 Å². The van der Waals surface area contributed by atoms with Crippen LogP contribution in [0.25, 0.3) is 0 Å². The van der Waals surface area contributed by atoms with Gasteiger partial charge in [0.1, 0.15) is 12.2 Å². The standard InChI is InChI=1S/C13H29N3O3/c1-14(2)6-7-16(5)12-10(8-15(3)4)19-11(9-17)13(12)18/h10-13,17-18H,6-9H2,1-5H3/t10-,11+,12+,13-/m1/s1. The first-order valence-electron chi connectivity index (χ1n) is 6.81. The van der Waals surface area contributed by atoms with Crippen LogP contribution in [0.2, 0.25) is 0 Å². The number of nitrogens with zero attached hydrogens (tertiary/aromatic N) is 3. The zero-order valence-corrected chi connectivity index (χ0v) is 12.8. The van der Waals surface area contributed by atoms with E-state index in [0.717, 1.165) is 19.6 Å². The summed E-state index contributed by atoms with van der Waals surface area (Å²) in [6.07, 6.45) is -1.19. The number of aliphatic hydroxyl groups is 2. The summed E-state index contributed by atoms with van der Waals surface area (Å²) < 4.78 is 5.78. The molecule has 0 spiro atoms. The Labute approximate surface area is 116 Å². The minimum absolute atomic E-state index is 0.0699. The molecule has 1 saturated heterocycles. The topological polar surface area (TPSA) is 59.4 Å². The van der Waals surface area contributed by atoms with Crippen LogP contribution in [0.5, 0.6) is 0 Å². The van der Waals surface area contributed by atoms with E-state index in [-0.39, 0.29) is 18.8 Å². The maximum absolute atomic E-state index is 10.3. The van der Waals surface area contributed by atoms with Gasteiger partial charge in [-0.1, -0.05) is 0 Å². The molecule has 1 fully saturated rings. The van der Waals surface area contributed by atoms with E-state index in [9.17, 15) is 10.2 Å². The summed E-state index contributed by atoms with van der Waals surface area (Å²) in [6.45, 7) is 2.39. The van der Waals surface area contributed by atoms with Gasteiger partial charge in [0.05, 0.1) is 18.8 Å². The molecule has 19 heavy (non-hydrogen) atoms. The lowest BCUT2D eigenvalue weighted by molar-refractivity contribution is -0.0273. The highest BCUT2D eigenvalue weighted by Crippen LogP contribution is 2.25. The fraction of sp³-hybridized carbons (Fsp3) is 1.00. The first-order chi connectivity index (χ1) is 8.86. The highest BCUT2D eigenvalue weighted by atomic mass is 16.5. The number of likely N-dealkylation sites (N-methyl/N-ethyl adjacent to an activating group) is 3. The van der Waals surface area contributed by atoms with Crippen molar-refractivity contribution >= 4 is 0 Å². The lowest BCUT2D eigenvalue weighted by Gasteiger charge is -2.32. The van der Waals surface area contributed by atoms with Crippen LogP contribution in [0.3, 0.4) is 0 Å². The summed E-state index contributed by atoms with van der Waals surface area (Å²) in [6, 6.07) is -0.0699. The van der Waals surface area contributed by atoms with Crippen molar-refractivity contribution in [3.05, 3.63) is 0 Å². The molecule has 6 heteroatoms. The van der Waals surface area contributed by atoms with Gasteiger partial charge in [-0.25, -0.2) is 0 Å². The molecule has 0 aromatic rings. The molecule has 0 amide bonds. The van der Waals surface area contributed by atoms with Crippen molar-refractivity contribution in [3.8, 4) is 0 Å². The molecule has 1 rings (SSSR count). The molecule has 1 aliphatic rings. The average molecular weight is 275 g/mol. The Balaban J connectivity index is 2.67. The van der Waals surface area contributed by atoms with Crippen LogP contribution < -0.4 is 0 Å². The fourth-order valence-corrected chi connectivity index (χ4v) is 2.54. The third-order valence-corrected chi connectivity index (χ3v) is 3.60. The summed E-state index contributed by atoms with van der Waals surface area (Å²) in [7, 11) is 10.0. The number of ether oxygens (including phenoxy) is 1. The third-order valence-electron chi connectivity index (χ3n) is 3.60. The Morgan fingerprint density at radius 3 is 2.05 bits per heavy atom. The molecule has 0 aromatic carbocycles. The van der Waals surface area contributed by atoms with Crippen molar-refractivity contribution < 1.29 is 14.9 Å². The van der Waals surface area contributed by atoms with Gasteiger partial charge in [-0.15, -0.1) is 0 Å². The predicted molar refractivity (Wildman–Crippen MR) is 75.3 cm³/mol. The maximum Gasteiger partial charge on any atom is 0.109 e. The summed E-state index contributed by atoms with van der Waals surface area (Å²) in [5.74, 6) is 0. The lowest BCUT2D eigenvalue weighted by Crippen LogP contribution is -2.50. The second-order valence-corrected chi connectivity index (χ2v) is 5.92. The van der Waals surface area contributed by atoms with E-state index in [0.29, 0.717) is 0 Å². The summed E-state index contributed by atoms with van der Waals surface area (Å²) in [5, 5.41) is 19.6. The highest BCUT2D eigenvalue weighted by Gasteiger charge is 2.45. The molecular formula is C13H29N3O3. The molecule has 0 aromatic heterocycles. The van der Waals surface area contributed by atoms with Gasteiger partial charge in [0.2, 0.25) is 0 Å². The Morgan fingerprint density at radius 1 is 0.947 bits per heavy atom. The van der Waals surface area contributed by atoms with E-state index in [2.05, 4.69) is 9.80 Å². The molecule has 0 aliphatic carbocycles. The molecule has 0 saturated carbocycles. The number of hydrogen-bond acceptors (Lipinski definition) is 6. The van der Waals surface area contributed by atoms with E-state index in [1.807, 2.05) is 40.1 Å². The molecule has 1 heterocycles. The highest BCUT2D eigenvalue weighted by molar-refractivity contribution is 4.97. The van der Waals surface area contributed by atoms with E-state index in [1.54, 1.807) is 0 Å². The van der Waals surface area contributed by atoms with Crippen LogP contribution >= 0.6 is 0 Å². The number of hydrogen-bond donors (Lipinski definition) is 2. The smallest absolute Gasteiger partial charge is 0.109 e.